The number of aromatic nitrogens is 2. The second-order valence-electron chi connectivity index (χ2n) is 6.29. The number of halogens is 2. The zero-order valence-electron chi connectivity index (χ0n) is 15.0. The van der Waals surface area contributed by atoms with Crippen molar-refractivity contribution in [1.29, 1.82) is 0 Å². The Morgan fingerprint density at radius 2 is 1.96 bits per heavy atom. The first kappa shape index (κ1) is 18.6. The van der Waals surface area contributed by atoms with Crippen molar-refractivity contribution in [2.45, 2.75) is 39.3 Å². The van der Waals surface area contributed by atoms with Gasteiger partial charge in [0.15, 0.2) is 5.69 Å². The molecule has 0 saturated heterocycles. The molecule has 7 heteroatoms. The van der Waals surface area contributed by atoms with Gasteiger partial charge in [0.05, 0.1) is 11.2 Å². The van der Waals surface area contributed by atoms with Crippen LogP contribution in [0.25, 0.3) is 0 Å². The standard InChI is InChI=1S/C19H22ClFN4O/c1-3-24(4-2)19-22-11-15(20)17(23-19)18(26)25(14-9-10-14)12-13-7-5-6-8-16(13)21/h5-8,11,14H,3-4,9-10,12H2,1-2H3. The van der Waals surface area contributed by atoms with E-state index in [1.54, 1.807) is 23.1 Å². The minimum atomic E-state index is -0.316. The minimum absolute atomic E-state index is 0.102. The summed E-state index contributed by atoms with van der Waals surface area (Å²) in [6.45, 7) is 5.66. The Bertz CT molecular complexity index is 793. The Kier molecular flexibility index (Phi) is 5.71. The third-order valence-electron chi connectivity index (χ3n) is 4.53. The minimum Gasteiger partial charge on any atom is -0.341 e. The van der Waals surface area contributed by atoms with Gasteiger partial charge in [-0.15, -0.1) is 0 Å². The van der Waals surface area contributed by atoms with Gasteiger partial charge < -0.3 is 9.80 Å². The first-order valence-electron chi connectivity index (χ1n) is 8.87. The molecule has 0 atom stereocenters. The van der Waals surface area contributed by atoms with Gasteiger partial charge in [-0.25, -0.2) is 14.4 Å². The molecular weight excluding hydrogens is 355 g/mol. The third kappa shape index (κ3) is 3.96. The molecule has 2 aromatic rings. The number of hydrogen-bond donors (Lipinski definition) is 0. The van der Waals surface area contributed by atoms with E-state index in [0.29, 0.717) is 11.5 Å². The summed E-state index contributed by atoms with van der Waals surface area (Å²) in [5.74, 6) is -0.121. The van der Waals surface area contributed by atoms with Crippen LogP contribution in [-0.4, -0.2) is 39.9 Å². The van der Waals surface area contributed by atoms with Crippen LogP contribution in [0, 0.1) is 5.82 Å². The van der Waals surface area contributed by atoms with Crippen molar-refractivity contribution in [3.05, 3.63) is 52.6 Å². The molecule has 1 aliphatic carbocycles. The molecule has 0 bridgehead atoms. The molecular formula is C19H22ClFN4O. The van der Waals surface area contributed by atoms with Crippen molar-refractivity contribution in [1.82, 2.24) is 14.9 Å². The SMILES string of the molecule is CCN(CC)c1ncc(Cl)c(C(=O)N(Cc2ccccc2F)C2CC2)n1. The Labute approximate surface area is 157 Å². The van der Waals surface area contributed by atoms with Crippen LogP contribution in [0.3, 0.4) is 0 Å². The van der Waals surface area contributed by atoms with Gasteiger partial charge in [-0.3, -0.25) is 4.79 Å². The average Bonchev–Trinajstić information content (AvgIpc) is 3.48. The van der Waals surface area contributed by atoms with E-state index in [4.69, 9.17) is 11.6 Å². The van der Waals surface area contributed by atoms with E-state index in [1.165, 1.54) is 12.3 Å². The Morgan fingerprint density at radius 3 is 2.58 bits per heavy atom. The summed E-state index contributed by atoms with van der Waals surface area (Å²) in [6, 6.07) is 6.61. The van der Waals surface area contributed by atoms with Gasteiger partial charge in [0.1, 0.15) is 5.82 Å². The van der Waals surface area contributed by atoms with E-state index >= 15 is 0 Å². The van der Waals surface area contributed by atoms with Gasteiger partial charge >= 0.3 is 0 Å². The van der Waals surface area contributed by atoms with Crippen molar-refractivity contribution in [3.63, 3.8) is 0 Å². The molecule has 1 heterocycles. The van der Waals surface area contributed by atoms with Gasteiger partial charge in [0.25, 0.3) is 5.91 Å². The number of carbonyl (C=O) groups is 1. The fraction of sp³-hybridized carbons (Fsp3) is 0.421. The lowest BCUT2D eigenvalue weighted by atomic mass is 10.2. The molecule has 0 spiro atoms. The normalized spacial score (nSPS) is 13.5. The number of anilines is 1. The molecule has 1 saturated carbocycles. The topological polar surface area (TPSA) is 49.3 Å². The lowest BCUT2D eigenvalue weighted by molar-refractivity contribution is 0.0722. The third-order valence-corrected chi connectivity index (χ3v) is 4.80. The maximum Gasteiger partial charge on any atom is 0.274 e. The van der Waals surface area contributed by atoms with E-state index in [9.17, 15) is 9.18 Å². The van der Waals surface area contributed by atoms with Crippen molar-refractivity contribution < 1.29 is 9.18 Å². The molecule has 0 radical (unpaired) electrons. The van der Waals surface area contributed by atoms with Gasteiger partial charge in [-0.2, -0.15) is 0 Å². The smallest absolute Gasteiger partial charge is 0.274 e. The van der Waals surface area contributed by atoms with E-state index in [1.807, 2.05) is 18.7 Å². The molecule has 1 aliphatic rings. The van der Waals surface area contributed by atoms with Gasteiger partial charge in [0, 0.05) is 31.2 Å². The first-order valence-corrected chi connectivity index (χ1v) is 9.24. The fourth-order valence-electron chi connectivity index (χ4n) is 2.87. The van der Waals surface area contributed by atoms with Gasteiger partial charge in [-0.1, -0.05) is 29.8 Å². The van der Waals surface area contributed by atoms with Crippen LogP contribution >= 0.6 is 11.6 Å². The molecule has 1 fully saturated rings. The number of benzene rings is 1. The van der Waals surface area contributed by atoms with E-state index in [0.717, 1.165) is 25.9 Å². The Balaban J connectivity index is 1.90. The number of amides is 1. The maximum atomic E-state index is 14.0. The second-order valence-corrected chi connectivity index (χ2v) is 6.70. The van der Waals surface area contributed by atoms with Crippen LogP contribution < -0.4 is 4.90 Å². The summed E-state index contributed by atoms with van der Waals surface area (Å²) in [6.07, 6.45) is 3.28. The van der Waals surface area contributed by atoms with Gasteiger partial charge in [0.2, 0.25) is 5.95 Å². The highest BCUT2D eigenvalue weighted by Crippen LogP contribution is 2.31. The predicted octanol–water partition coefficient (Wildman–Crippen LogP) is 3.92. The quantitative estimate of drug-likeness (QED) is 0.734. The van der Waals surface area contributed by atoms with Crippen molar-refractivity contribution >= 4 is 23.5 Å². The maximum absolute atomic E-state index is 14.0. The molecule has 1 amide bonds. The lowest BCUT2D eigenvalue weighted by Crippen LogP contribution is -2.34. The first-order chi connectivity index (χ1) is 12.5. The molecule has 138 valence electrons. The number of hydrogen-bond acceptors (Lipinski definition) is 4. The molecule has 0 unspecified atom stereocenters. The molecule has 1 aromatic carbocycles. The lowest BCUT2D eigenvalue weighted by Gasteiger charge is -2.24. The Morgan fingerprint density at radius 1 is 1.27 bits per heavy atom. The van der Waals surface area contributed by atoms with Crippen molar-refractivity contribution in [2.24, 2.45) is 0 Å². The number of nitrogens with zero attached hydrogens (tertiary/aromatic N) is 4. The summed E-state index contributed by atoms with van der Waals surface area (Å²) in [4.78, 5) is 25.4. The van der Waals surface area contributed by atoms with E-state index in [2.05, 4.69) is 9.97 Å². The zero-order chi connectivity index (χ0) is 18.7. The van der Waals surface area contributed by atoms with Crippen LogP contribution in [0.1, 0.15) is 42.7 Å². The van der Waals surface area contributed by atoms with E-state index < -0.39 is 0 Å². The molecule has 0 aliphatic heterocycles. The monoisotopic (exact) mass is 376 g/mol. The molecule has 3 rings (SSSR count). The zero-order valence-corrected chi connectivity index (χ0v) is 15.7. The summed E-state index contributed by atoms with van der Waals surface area (Å²) in [7, 11) is 0. The molecule has 26 heavy (non-hydrogen) atoms. The average molecular weight is 377 g/mol. The summed E-state index contributed by atoms with van der Waals surface area (Å²) in [5, 5.41) is 0.213. The highest BCUT2D eigenvalue weighted by atomic mass is 35.5. The van der Waals surface area contributed by atoms with Gasteiger partial charge in [-0.05, 0) is 32.8 Å². The fourth-order valence-corrected chi connectivity index (χ4v) is 3.04. The van der Waals surface area contributed by atoms with E-state index in [-0.39, 0.29) is 35.0 Å². The molecule has 0 N–H and O–H groups in total. The van der Waals surface area contributed by atoms with Crippen molar-refractivity contribution in [3.8, 4) is 0 Å². The Hall–Kier alpha value is -2.21. The summed E-state index contributed by atoms with van der Waals surface area (Å²) < 4.78 is 14.0. The summed E-state index contributed by atoms with van der Waals surface area (Å²) >= 11 is 6.22. The summed E-state index contributed by atoms with van der Waals surface area (Å²) in [5.41, 5.74) is 0.661. The van der Waals surface area contributed by atoms with Crippen molar-refractivity contribution in [2.75, 3.05) is 18.0 Å². The highest BCUT2D eigenvalue weighted by molar-refractivity contribution is 6.33. The van der Waals surface area contributed by atoms with Crippen LogP contribution in [0.2, 0.25) is 5.02 Å². The number of carbonyl (C=O) groups excluding carboxylic acids is 1. The number of rotatable bonds is 7. The van der Waals surface area contributed by atoms with Crippen LogP contribution in [0.5, 0.6) is 0 Å². The second kappa shape index (κ2) is 7.99. The van der Waals surface area contributed by atoms with Crippen LogP contribution in [0.15, 0.2) is 30.5 Å². The predicted molar refractivity (Wildman–Crippen MR) is 99.9 cm³/mol. The largest absolute Gasteiger partial charge is 0.341 e. The molecule has 1 aromatic heterocycles. The van der Waals surface area contributed by atoms with Crippen LogP contribution in [-0.2, 0) is 6.54 Å². The highest BCUT2D eigenvalue weighted by Gasteiger charge is 2.35. The molecule has 5 nitrogen and oxygen atoms in total. The van der Waals surface area contributed by atoms with Crippen LogP contribution in [0.4, 0.5) is 10.3 Å².